The first-order chi connectivity index (χ1) is 8.56. The lowest BCUT2D eigenvalue weighted by molar-refractivity contribution is -0.547. The largest absolute Gasteiger partial charge is 0.265 e. The van der Waals surface area contributed by atoms with E-state index in [9.17, 15) is 20.2 Å². The highest BCUT2D eigenvalue weighted by Gasteiger charge is 2.35. The van der Waals surface area contributed by atoms with Gasteiger partial charge in [-0.15, -0.1) is 0 Å². The second-order valence-corrected chi connectivity index (χ2v) is 4.17. The van der Waals surface area contributed by atoms with E-state index in [2.05, 4.69) is 0 Å². The van der Waals surface area contributed by atoms with Crippen molar-refractivity contribution in [2.24, 2.45) is 0 Å². The zero-order chi connectivity index (χ0) is 13.5. The summed E-state index contributed by atoms with van der Waals surface area (Å²) in [6.45, 7) is 1.43. The molecule has 0 saturated heterocycles. The summed E-state index contributed by atoms with van der Waals surface area (Å²) in [6, 6.07) is 7.79. The third-order valence-corrected chi connectivity index (χ3v) is 2.89. The van der Waals surface area contributed by atoms with Crippen LogP contribution in [0, 0.1) is 20.2 Å². The Bertz CT molecular complexity index is 408. The predicted molar refractivity (Wildman–Crippen MR) is 66.7 cm³/mol. The van der Waals surface area contributed by atoms with Crippen molar-refractivity contribution < 1.29 is 9.85 Å². The first kappa shape index (κ1) is 14.1. The van der Waals surface area contributed by atoms with Gasteiger partial charge in [0.2, 0.25) is 12.6 Å². The second kappa shape index (κ2) is 6.68. The lowest BCUT2D eigenvalue weighted by Gasteiger charge is -2.17. The van der Waals surface area contributed by atoms with Crippen LogP contribution in [0.1, 0.15) is 31.2 Å². The highest BCUT2D eigenvalue weighted by molar-refractivity contribution is 5.20. The number of rotatable bonds is 7. The minimum absolute atomic E-state index is 0.348. The SMILES string of the molecule is CCC[C@@H]([C@H](C[N+](=O)[O-])c1ccccc1)[N+](=O)[O-]. The standard InChI is InChI=1S/C12H16N2O4/c1-2-6-12(14(17)18)11(9-13(15)16)10-7-4-3-5-8-10/h3-5,7-8,11-12H,2,6,9H2,1H3/t11-,12+/m1/s1. The molecule has 1 aromatic carbocycles. The Morgan fingerprint density at radius 2 is 1.78 bits per heavy atom. The van der Waals surface area contributed by atoms with Crippen LogP contribution in [-0.4, -0.2) is 22.4 Å². The molecular weight excluding hydrogens is 236 g/mol. The maximum absolute atomic E-state index is 11.1. The van der Waals surface area contributed by atoms with Gasteiger partial charge in [0, 0.05) is 16.3 Å². The molecule has 0 saturated carbocycles. The fourth-order valence-corrected chi connectivity index (χ4v) is 2.06. The normalized spacial score (nSPS) is 13.8. The minimum atomic E-state index is -0.900. The molecule has 18 heavy (non-hydrogen) atoms. The van der Waals surface area contributed by atoms with Gasteiger partial charge in [0.15, 0.2) is 0 Å². The summed E-state index contributed by atoms with van der Waals surface area (Å²) in [6.07, 6.45) is 0.979. The molecule has 0 N–H and O–H groups in total. The van der Waals surface area contributed by atoms with E-state index in [1.165, 1.54) is 0 Å². The summed E-state index contributed by atoms with van der Waals surface area (Å²) < 4.78 is 0. The Morgan fingerprint density at radius 1 is 1.17 bits per heavy atom. The van der Waals surface area contributed by atoms with Gasteiger partial charge in [0.1, 0.15) is 5.92 Å². The highest BCUT2D eigenvalue weighted by Crippen LogP contribution is 2.25. The molecule has 0 spiro atoms. The van der Waals surface area contributed by atoms with Crippen LogP contribution < -0.4 is 0 Å². The summed E-state index contributed by atoms with van der Waals surface area (Å²) in [5.74, 6) is -0.670. The third-order valence-electron chi connectivity index (χ3n) is 2.89. The topological polar surface area (TPSA) is 86.3 Å². The molecule has 0 aliphatic carbocycles. The molecule has 0 aliphatic rings. The molecule has 0 fully saturated rings. The Labute approximate surface area is 105 Å². The predicted octanol–water partition coefficient (Wildman–Crippen LogP) is 2.49. The summed E-state index contributed by atoms with van der Waals surface area (Å²) in [5, 5.41) is 21.8. The molecule has 2 atom stereocenters. The molecule has 0 bridgehead atoms. The van der Waals surface area contributed by atoms with Crippen molar-refractivity contribution >= 4 is 0 Å². The van der Waals surface area contributed by atoms with Crippen LogP contribution in [-0.2, 0) is 0 Å². The van der Waals surface area contributed by atoms with Crippen LogP contribution in [0.15, 0.2) is 30.3 Å². The molecule has 1 rings (SSSR count). The Balaban J connectivity index is 3.03. The number of benzene rings is 1. The smallest absolute Gasteiger partial charge is 0.226 e. The molecule has 0 unspecified atom stereocenters. The Morgan fingerprint density at radius 3 is 2.22 bits per heavy atom. The van der Waals surface area contributed by atoms with Gasteiger partial charge in [-0.25, -0.2) is 0 Å². The van der Waals surface area contributed by atoms with Gasteiger partial charge in [-0.3, -0.25) is 20.2 Å². The zero-order valence-corrected chi connectivity index (χ0v) is 10.2. The van der Waals surface area contributed by atoms with E-state index in [1.54, 1.807) is 30.3 Å². The maximum Gasteiger partial charge on any atom is 0.226 e. The fraction of sp³-hybridized carbons (Fsp3) is 0.500. The Kier molecular flexibility index (Phi) is 5.23. The van der Waals surface area contributed by atoms with Gasteiger partial charge in [-0.2, -0.15) is 0 Å². The number of nitro groups is 2. The van der Waals surface area contributed by atoms with E-state index in [4.69, 9.17) is 0 Å². The molecule has 98 valence electrons. The number of nitrogens with zero attached hydrogens (tertiary/aromatic N) is 2. The third kappa shape index (κ3) is 3.80. The van der Waals surface area contributed by atoms with Crippen LogP contribution in [0.2, 0.25) is 0 Å². The van der Waals surface area contributed by atoms with E-state index >= 15 is 0 Å². The first-order valence-electron chi connectivity index (χ1n) is 5.86. The van der Waals surface area contributed by atoms with Crippen molar-refractivity contribution in [2.45, 2.75) is 31.7 Å². The van der Waals surface area contributed by atoms with E-state index in [0.29, 0.717) is 18.4 Å². The quantitative estimate of drug-likeness (QED) is 0.551. The van der Waals surface area contributed by atoms with Gasteiger partial charge < -0.3 is 0 Å². The number of hydrogen-bond acceptors (Lipinski definition) is 4. The molecule has 0 aliphatic heterocycles. The summed E-state index contributed by atoms with van der Waals surface area (Å²) in [5.41, 5.74) is 0.657. The van der Waals surface area contributed by atoms with E-state index in [1.807, 2.05) is 6.92 Å². The van der Waals surface area contributed by atoms with Crippen LogP contribution in [0.5, 0.6) is 0 Å². The molecule has 1 aromatic rings. The van der Waals surface area contributed by atoms with Gasteiger partial charge in [-0.1, -0.05) is 37.3 Å². The van der Waals surface area contributed by atoms with E-state index in [-0.39, 0.29) is 0 Å². The summed E-state index contributed by atoms with van der Waals surface area (Å²) in [7, 11) is 0. The fourth-order valence-electron chi connectivity index (χ4n) is 2.06. The van der Waals surface area contributed by atoms with Gasteiger partial charge in [-0.05, 0) is 12.0 Å². The van der Waals surface area contributed by atoms with Gasteiger partial charge in [0.05, 0.1) is 0 Å². The zero-order valence-electron chi connectivity index (χ0n) is 10.2. The van der Waals surface area contributed by atoms with E-state index < -0.39 is 28.4 Å². The molecular formula is C12H16N2O4. The lowest BCUT2D eigenvalue weighted by atomic mass is 9.89. The van der Waals surface area contributed by atoms with E-state index in [0.717, 1.165) is 0 Å². The van der Waals surface area contributed by atoms with Crippen molar-refractivity contribution in [1.82, 2.24) is 0 Å². The molecule has 0 radical (unpaired) electrons. The molecule has 6 nitrogen and oxygen atoms in total. The van der Waals surface area contributed by atoms with Crippen LogP contribution in [0.3, 0.4) is 0 Å². The van der Waals surface area contributed by atoms with Crippen molar-refractivity contribution in [2.75, 3.05) is 6.54 Å². The highest BCUT2D eigenvalue weighted by atomic mass is 16.6. The van der Waals surface area contributed by atoms with Crippen LogP contribution in [0.25, 0.3) is 0 Å². The van der Waals surface area contributed by atoms with Crippen LogP contribution in [0.4, 0.5) is 0 Å². The van der Waals surface area contributed by atoms with Gasteiger partial charge >= 0.3 is 0 Å². The van der Waals surface area contributed by atoms with Crippen molar-refractivity contribution in [3.8, 4) is 0 Å². The van der Waals surface area contributed by atoms with Gasteiger partial charge in [0.25, 0.3) is 0 Å². The van der Waals surface area contributed by atoms with Crippen molar-refractivity contribution in [3.05, 3.63) is 56.1 Å². The number of hydrogen-bond donors (Lipinski definition) is 0. The average Bonchev–Trinajstić information content (AvgIpc) is 2.34. The monoisotopic (exact) mass is 252 g/mol. The summed E-state index contributed by atoms with van der Waals surface area (Å²) >= 11 is 0. The van der Waals surface area contributed by atoms with Crippen molar-refractivity contribution in [3.63, 3.8) is 0 Å². The summed E-state index contributed by atoms with van der Waals surface area (Å²) in [4.78, 5) is 20.9. The Hall–Kier alpha value is -1.98. The van der Waals surface area contributed by atoms with Crippen LogP contribution >= 0.6 is 0 Å². The molecule has 0 aromatic heterocycles. The average molecular weight is 252 g/mol. The minimum Gasteiger partial charge on any atom is -0.265 e. The maximum atomic E-state index is 11.1. The molecule has 0 heterocycles. The van der Waals surface area contributed by atoms with Crippen molar-refractivity contribution in [1.29, 1.82) is 0 Å². The second-order valence-electron chi connectivity index (χ2n) is 4.17. The molecule has 6 heteroatoms. The molecule has 0 amide bonds. The lowest BCUT2D eigenvalue weighted by Crippen LogP contribution is -2.32. The first-order valence-corrected chi connectivity index (χ1v) is 5.86.